The molecule has 1 aliphatic heterocycles. The van der Waals surface area contributed by atoms with Gasteiger partial charge in [0.2, 0.25) is 0 Å². The summed E-state index contributed by atoms with van der Waals surface area (Å²) in [7, 11) is 4.10. The summed E-state index contributed by atoms with van der Waals surface area (Å²) in [4.78, 5) is 9.53. The molecule has 0 bridgehead atoms. The Bertz CT molecular complexity index is 525. The Morgan fingerprint density at radius 3 is 2.83 bits per heavy atom. The lowest BCUT2D eigenvalue weighted by molar-refractivity contribution is 0.343. The van der Waals surface area contributed by atoms with Gasteiger partial charge in [0.1, 0.15) is 0 Å². The summed E-state index contributed by atoms with van der Waals surface area (Å²) >= 11 is 6.07. The van der Waals surface area contributed by atoms with E-state index < -0.39 is 0 Å². The van der Waals surface area contributed by atoms with Crippen LogP contribution in [0.1, 0.15) is 26.0 Å². The van der Waals surface area contributed by atoms with Crippen LogP contribution in [-0.4, -0.2) is 60.1 Å². The average Bonchev–Trinajstić information content (AvgIpc) is 3.10. The molecule has 1 unspecified atom stereocenters. The molecule has 1 aromatic heterocycles. The fraction of sp³-hybridized carbons (Fsp3) is 0.706. The molecule has 0 radical (unpaired) electrons. The Balaban J connectivity index is 1.96. The zero-order chi connectivity index (χ0) is 16.8. The van der Waals surface area contributed by atoms with Crippen LogP contribution >= 0.6 is 11.6 Å². The summed E-state index contributed by atoms with van der Waals surface area (Å²) in [6, 6.07) is 2.01. The van der Waals surface area contributed by atoms with Gasteiger partial charge in [0, 0.05) is 45.6 Å². The Hall–Kier alpha value is -1.20. The fourth-order valence-electron chi connectivity index (χ4n) is 3.08. The van der Waals surface area contributed by atoms with Gasteiger partial charge in [-0.25, -0.2) is 0 Å². The number of aryl methyl sites for hydroxylation is 1. The van der Waals surface area contributed by atoms with E-state index in [1.54, 1.807) is 0 Å². The highest BCUT2D eigenvalue weighted by Crippen LogP contribution is 2.17. The first kappa shape index (κ1) is 18.1. The van der Waals surface area contributed by atoms with Crippen molar-refractivity contribution in [3.05, 3.63) is 23.0 Å². The third-order valence-corrected chi connectivity index (χ3v) is 4.69. The minimum atomic E-state index is 0.682. The van der Waals surface area contributed by atoms with Crippen LogP contribution in [0.5, 0.6) is 0 Å². The maximum atomic E-state index is 6.07. The lowest BCUT2D eigenvalue weighted by atomic mass is 10.1. The van der Waals surface area contributed by atoms with Crippen LogP contribution in [0.4, 0.5) is 0 Å². The van der Waals surface area contributed by atoms with Gasteiger partial charge >= 0.3 is 0 Å². The van der Waals surface area contributed by atoms with Gasteiger partial charge < -0.3 is 19.7 Å². The van der Waals surface area contributed by atoms with Crippen molar-refractivity contribution in [2.24, 2.45) is 18.0 Å². The van der Waals surface area contributed by atoms with Gasteiger partial charge in [-0.05, 0) is 38.4 Å². The number of aromatic nitrogens is 1. The lowest BCUT2D eigenvalue weighted by Crippen LogP contribution is -2.39. The molecule has 23 heavy (non-hydrogen) atoms. The molecule has 2 rings (SSSR count). The van der Waals surface area contributed by atoms with E-state index in [1.165, 1.54) is 25.2 Å². The van der Waals surface area contributed by atoms with Crippen molar-refractivity contribution in [3.63, 3.8) is 0 Å². The van der Waals surface area contributed by atoms with Crippen molar-refractivity contribution >= 4 is 17.6 Å². The number of hydrogen-bond acceptors (Lipinski definition) is 2. The van der Waals surface area contributed by atoms with E-state index in [4.69, 9.17) is 16.6 Å². The minimum absolute atomic E-state index is 0.682. The number of aliphatic imine (C=N–C) groups is 1. The van der Waals surface area contributed by atoms with Gasteiger partial charge in [0.05, 0.1) is 11.6 Å². The quantitative estimate of drug-likeness (QED) is 0.638. The van der Waals surface area contributed by atoms with E-state index in [-0.39, 0.29) is 0 Å². The number of guanidine groups is 1. The lowest BCUT2D eigenvalue weighted by Gasteiger charge is -2.23. The van der Waals surface area contributed by atoms with Gasteiger partial charge in [-0.3, -0.25) is 4.99 Å². The van der Waals surface area contributed by atoms with Crippen molar-refractivity contribution in [1.29, 1.82) is 0 Å². The summed E-state index contributed by atoms with van der Waals surface area (Å²) in [5.41, 5.74) is 1.18. The van der Waals surface area contributed by atoms with E-state index in [2.05, 4.69) is 40.6 Å². The molecule has 1 saturated heterocycles. The second-order valence-corrected chi connectivity index (χ2v) is 6.80. The second kappa shape index (κ2) is 8.60. The normalized spacial score (nSPS) is 19.3. The van der Waals surface area contributed by atoms with Crippen molar-refractivity contribution < 1.29 is 0 Å². The average molecular weight is 340 g/mol. The van der Waals surface area contributed by atoms with Crippen LogP contribution in [0.2, 0.25) is 5.02 Å². The highest BCUT2D eigenvalue weighted by atomic mass is 35.5. The number of halogens is 1. The fourth-order valence-corrected chi connectivity index (χ4v) is 3.35. The topological polar surface area (TPSA) is 35.8 Å². The SMILES string of the molecule is CCNC(=NCC1CCN(CC)C1)N(C)Cc1cc(Cl)cn1C. The van der Waals surface area contributed by atoms with E-state index in [1.807, 2.05) is 19.3 Å². The van der Waals surface area contributed by atoms with E-state index in [9.17, 15) is 0 Å². The van der Waals surface area contributed by atoms with Crippen LogP contribution in [0.25, 0.3) is 0 Å². The summed E-state index contributed by atoms with van der Waals surface area (Å²) in [5.74, 6) is 1.65. The summed E-state index contributed by atoms with van der Waals surface area (Å²) in [6.45, 7) is 10.4. The molecule has 1 N–H and O–H groups in total. The molecule has 1 atom stereocenters. The maximum absolute atomic E-state index is 6.07. The van der Waals surface area contributed by atoms with Gasteiger partial charge in [0.15, 0.2) is 5.96 Å². The van der Waals surface area contributed by atoms with Gasteiger partial charge in [-0.2, -0.15) is 0 Å². The molecule has 0 spiro atoms. The van der Waals surface area contributed by atoms with Crippen LogP contribution in [0.15, 0.2) is 17.3 Å². The predicted octanol–water partition coefficient (Wildman–Crippen LogP) is 2.42. The predicted molar refractivity (Wildman–Crippen MR) is 98.1 cm³/mol. The van der Waals surface area contributed by atoms with E-state index >= 15 is 0 Å². The number of hydrogen-bond donors (Lipinski definition) is 1. The van der Waals surface area contributed by atoms with Crippen molar-refractivity contribution in [2.75, 3.05) is 39.8 Å². The first-order valence-electron chi connectivity index (χ1n) is 8.56. The standard InChI is InChI=1S/C17H30ClN5/c1-5-19-17(20-10-14-7-8-23(6-2)11-14)22(4)13-16-9-15(18)12-21(16)3/h9,12,14H,5-8,10-11,13H2,1-4H3,(H,19,20). The Morgan fingerprint density at radius 2 is 2.26 bits per heavy atom. The molecular formula is C17H30ClN5. The highest BCUT2D eigenvalue weighted by Gasteiger charge is 2.21. The molecule has 130 valence electrons. The second-order valence-electron chi connectivity index (χ2n) is 6.36. The summed E-state index contributed by atoms with van der Waals surface area (Å²) in [5, 5.41) is 4.18. The Morgan fingerprint density at radius 1 is 1.48 bits per heavy atom. The molecule has 5 nitrogen and oxygen atoms in total. The summed E-state index contributed by atoms with van der Waals surface area (Å²) < 4.78 is 2.07. The van der Waals surface area contributed by atoms with E-state index in [0.717, 1.165) is 37.2 Å². The smallest absolute Gasteiger partial charge is 0.194 e. The molecule has 6 heteroatoms. The summed E-state index contributed by atoms with van der Waals surface area (Å²) in [6.07, 6.45) is 3.19. The number of rotatable bonds is 6. The third kappa shape index (κ3) is 5.15. The molecule has 1 aliphatic rings. The molecular weight excluding hydrogens is 310 g/mol. The number of nitrogens with zero attached hydrogens (tertiary/aromatic N) is 4. The number of nitrogens with one attached hydrogen (secondary N) is 1. The van der Waals surface area contributed by atoms with Crippen molar-refractivity contribution in [1.82, 2.24) is 19.7 Å². The zero-order valence-corrected chi connectivity index (χ0v) is 15.6. The van der Waals surface area contributed by atoms with Crippen LogP contribution in [-0.2, 0) is 13.6 Å². The van der Waals surface area contributed by atoms with Crippen LogP contribution in [0.3, 0.4) is 0 Å². The maximum Gasteiger partial charge on any atom is 0.194 e. The Kier molecular flexibility index (Phi) is 6.78. The van der Waals surface area contributed by atoms with Crippen molar-refractivity contribution in [2.45, 2.75) is 26.8 Å². The van der Waals surface area contributed by atoms with Gasteiger partial charge in [-0.15, -0.1) is 0 Å². The first-order valence-corrected chi connectivity index (χ1v) is 8.93. The monoisotopic (exact) mass is 339 g/mol. The van der Waals surface area contributed by atoms with E-state index in [0.29, 0.717) is 5.92 Å². The molecule has 0 aliphatic carbocycles. The highest BCUT2D eigenvalue weighted by molar-refractivity contribution is 6.30. The van der Waals surface area contributed by atoms with Crippen molar-refractivity contribution in [3.8, 4) is 0 Å². The van der Waals surface area contributed by atoms with Crippen LogP contribution in [0, 0.1) is 5.92 Å². The molecule has 0 saturated carbocycles. The third-order valence-electron chi connectivity index (χ3n) is 4.49. The van der Waals surface area contributed by atoms with Gasteiger partial charge in [-0.1, -0.05) is 18.5 Å². The largest absolute Gasteiger partial charge is 0.357 e. The number of likely N-dealkylation sites (tertiary alicyclic amines) is 1. The zero-order valence-electron chi connectivity index (χ0n) is 14.8. The van der Waals surface area contributed by atoms with Crippen LogP contribution < -0.4 is 5.32 Å². The Labute approximate surface area is 145 Å². The first-order chi connectivity index (χ1) is 11.0. The minimum Gasteiger partial charge on any atom is -0.357 e. The molecule has 2 heterocycles. The molecule has 1 aromatic rings. The van der Waals surface area contributed by atoms with Gasteiger partial charge in [0.25, 0.3) is 0 Å². The molecule has 0 aromatic carbocycles. The molecule has 0 amide bonds. The molecule has 1 fully saturated rings.